The second-order valence-corrected chi connectivity index (χ2v) is 5.44. The highest BCUT2D eigenvalue weighted by Gasteiger charge is 2.18. The Balaban J connectivity index is 2.27. The lowest BCUT2D eigenvalue weighted by Gasteiger charge is -2.31. The number of nitrogens with zero attached hydrogens (tertiary/aromatic N) is 1. The molecule has 1 aliphatic heterocycles. The number of hydrogen-bond acceptors (Lipinski definition) is 3. The molecule has 0 unspecified atom stereocenters. The van der Waals surface area contributed by atoms with Crippen molar-refractivity contribution in [1.82, 2.24) is 0 Å². The van der Waals surface area contributed by atoms with Crippen molar-refractivity contribution in [2.75, 3.05) is 31.7 Å². The van der Waals surface area contributed by atoms with Gasteiger partial charge in [-0.1, -0.05) is 6.08 Å². The molecule has 1 aliphatic rings. The van der Waals surface area contributed by atoms with E-state index >= 15 is 0 Å². The molecule has 0 aromatic heterocycles. The first-order valence-electron chi connectivity index (χ1n) is 7.00. The van der Waals surface area contributed by atoms with Gasteiger partial charge in [0.15, 0.2) is 0 Å². The zero-order valence-corrected chi connectivity index (χ0v) is 12.4. The number of rotatable bonds is 4. The molecular formula is C16H23FN2O. The molecule has 0 radical (unpaired) electrons. The lowest BCUT2D eigenvalue weighted by molar-refractivity contribution is 0.222. The number of anilines is 1. The van der Waals surface area contributed by atoms with Crippen LogP contribution in [0.25, 0.3) is 0 Å². The summed E-state index contributed by atoms with van der Waals surface area (Å²) in [7, 11) is 1.71. The Morgan fingerprint density at radius 3 is 2.75 bits per heavy atom. The van der Waals surface area contributed by atoms with Crippen LogP contribution in [0, 0.1) is 12.7 Å². The number of halogens is 1. The molecule has 1 atom stereocenters. The summed E-state index contributed by atoms with van der Waals surface area (Å²) >= 11 is 0. The van der Waals surface area contributed by atoms with Crippen LogP contribution in [0.15, 0.2) is 23.8 Å². The highest BCUT2D eigenvalue weighted by Crippen LogP contribution is 2.30. The summed E-state index contributed by atoms with van der Waals surface area (Å²) in [6.45, 7) is 6.11. The maximum Gasteiger partial charge on any atom is 0.126 e. The first kappa shape index (κ1) is 15.0. The molecule has 1 heterocycles. The minimum Gasteiger partial charge on any atom is -0.380 e. The Bertz CT molecular complexity index is 511. The minimum atomic E-state index is -0.186. The molecule has 0 amide bonds. The SMILES string of the molecule is COCC1=CCN(c2cc(C)c(F)cc2[C@H](C)N)CC1. The van der Waals surface area contributed by atoms with Crippen LogP contribution in [-0.2, 0) is 4.74 Å². The Labute approximate surface area is 120 Å². The van der Waals surface area contributed by atoms with Crippen molar-refractivity contribution < 1.29 is 9.13 Å². The maximum absolute atomic E-state index is 13.7. The average molecular weight is 278 g/mol. The minimum absolute atomic E-state index is 0.176. The van der Waals surface area contributed by atoms with Crippen LogP contribution in [0.1, 0.15) is 30.5 Å². The normalized spacial score (nSPS) is 17.1. The molecule has 20 heavy (non-hydrogen) atoms. The van der Waals surface area contributed by atoms with Crippen LogP contribution in [0.2, 0.25) is 0 Å². The largest absolute Gasteiger partial charge is 0.380 e. The first-order chi connectivity index (χ1) is 9.52. The Hall–Kier alpha value is -1.39. The fourth-order valence-electron chi connectivity index (χ4n) is 2.57. The lowest BCUT2D eigenvalue weighted by atomic mass is 10.0. The summed E-state index contributed by atoms with van der Waals surface area (Å²) in [5.74, 6) is -0.186. The summed E-state index contributed by atoms with van der Waals surface area (Å²) in [5.41, 5.74) is 9.89. The monoisotopic (exact) mass is 278 g/mol. The smallest absolute Gasteiger partial charge is 0.126 e. The summed E-state index contributed by atoms with van der Waals surface area (Å²) in [6.07, 6.45) is 3.17. The standard InChI is InChI=1S/C16H23FN2O/c1-11-8-16(14(12(2)18)9-15(11)17)19-6-4-13(5-7-19)10-20-3/h4,8-9,12H,5-7,10,18H2,1-3H3/t12-/m0/s1. The van der Waals surface area contributed by atoms with Gasteiger partial charge in [0.25, 0.3) is 0 Å². The molecule has 110 valence electrons. The quantitative estimate of drug-likeness (QED) is 0.861. The van der Waals surface area contributed by atoms with Gasteiger partial charge >= 0.3 is 0 Å². The van der Waals surface area contributed by atoms with Crippen LogP contribution in [0.3, 0.4) is 0 Å². The van der Waals surface area contributed by atoms with E-state index in [-0.39, 0.29) is 11.9 Å². The molecule has 0 spiro atoms. The van der Waals surface area contributed by atoms with E-state index in [1.54, 1.807) is 20.1 Å². The van der Waals surface area contributed by atoms with Gasteiger partial charge in [0.05, 0.1) is 6.61 Å². The zero-order valence-electron chi connectivity index (χ0n) is 12.4. The highest BCUT2D eigenvalue weighted by molar-refractivity contribution is 5.58. The molecule has 0 fully saturated rings. The van der Waals surface area contributed by atoms with Crippen molar-refractivity contribution in [3.63, 3.8) is 0 Å². The van der Waals surface area contributed by atoms with Crippen LogP contribution in [0.5, 0.6) is 0 Å². The maximum atomic E-state index is 13.7. The van der Waals surface area contributed by atoms with Crippen molar-refractivity contribution in [3.05, 3.63) is 40.7 Å². The van der Waals surface area contributed by atoms with E-state index in [0.717, 1.165) is 30.8 Å². The average Bonchev–Trinajstić information content (AvgIpc) is 2.42. The number of benzene rings is 1. The first-order valence-corrected chi connectivity index (χ1v) is 7.00. The van der Waals surface area contributed by atoms with Gasteiger partial charge in [0.2, 0.25) is 0 Å². The van der Waals surface area contributed by atoms with E-state index in [4.69, 9.17) is 10.5 Å². The van der Waals surface area contributed by atoms with E-state index in [9.17, 15) is 4.39 Å². The van der Waals surface area contributed by atoms with Gasteiger partial charge in [-0.3, -0.25) is 0 Å². The molecule has 1 aromatic rings. The van der Waals surface area contributed by atoms with E-state index in [2.05, 4.69) is 11.0 Å². The number of aryl methyl sites for hydroxylation is 1. The van der Waals surface area contributed by atoms with E-state index < -0.39 is 0 Å². The lowest BCUT2D eigenvalue weighted by Crippen LogP contribution is -2.31. The molecule has 1 aromatic carbocycles. The van der Waals surface area contributed by atoms with Gasteiger partial charge in [-0.15, -0.1) is 0 Å². The van der Waals surface area contributed by atoms with Crippen LogP contribution in [0.4, 0.5) is 10.1 Å². The topological polar surface area (TPSA) is 38.5 Å². The van der Waals surface area contributed by atoms with Gasteiger partial charge < -0.3 is 15.4 Å². The molecule has 0 aliphatic carbocycles. The van der Waals surface area contributed by atoms with E-state index in [1.807, 2.05) is 13.0 Å². The molecule has 2 rings (SSSR count). The molecule has 0 saturated carbocycles. The molecule has 0 bridgehead atoms. The van der Waals surface area contributed by atoms with E-state index in [0.29, 0.717) is 12.2 Å². The molecule has 3 nitrogen and oxygen atoms in total. The summed E-state index contributed by atoms with van der Waals surface area (Å²) < 4.78 is 18.9. The number of methoxy groups -OCH3 is 1. The van der Waals surface area contributed by atoms with Crippen molar-refractivity contribution in [3.8, 4) is 0 Å². The molecule has 2 N–H and O–H groups in total. The third-order valence-corrected chi connectivity index (χ3v) is 3.77. The van der Waals surface area contributed by atoms with Gasteiger partial charge in [-0.05, 0) is 49.1 Å². The second-order valence-electron chi connectivity index (χ2n) is 5.44. The summed E-state index contributed by atoms with van der Waals surface area (Å²) in [6, 6.07) is 3.30. The van der Waals surface area contributed by atoms with Crippen molar-refractivity contribution in [2.24, 2.45) is 5.73 Å². The van der Waals surface area contributed by atoms with Crippen LogP contribution >= 0.6 is 0 Å². The van der Waals surface area contributed by atoms with Crippen molar-refractivity contribution in [2.45, 2.75) is 26.3 Å². The predicted octanol–water partition coefficient (Wildman–Crippen LogP) is 2.94. The van der Waals surface area contributed by atoms with Crippen molar-refractivity contribution >= 4 is 5.69 Å². The molecule has 0 saturated heterocycles. The second kappa shape index (κ2) is 6.37. The summed E-state index contributed by atoms with van der Waals surface area (Å²) in [5, 5.41) is 0. The Kier molecular flexibility index (Phi) is 4.78. The van der Waals surface area contributed by atoms with Gasteiger partial charge in [-0.25, -0.2) is 4.39 Å². The van der Waals surface area contributed by atoms with E-state index in [1.165, 1.54) is 5.57 Å². The van der Waals surface area contributed by atoms with Gasteiger partial charge in [0.1, 0.15) is 5.82 Å². The summed E-state index contributed by atoms with van der Waals surface area (Å²) in [4.78, 5) is 2.25. The molecular weight excluding hydrogens is 255 g/mol. The van der Waals surface area contributed by atoms with Gasteiger partial charge in [-0.2, -0.15) is 0 Å². The third kappa shape index (κ3) is 3.19. The molecule has 4 heteroatoms. The van der Waals surface area contributed by atoms with Crippen molar-refractivity contribution in [1.29, 1.82) is 0 Å². The van der Waals surface area contributed by atoms with Gasteiger partial charge in [0, 0.05) is 31.9 Å². The number of ether oxygens (including phenoxy) is 1. The number of nitrogens with two attached hydrogens (primary N) is 1. The number of hydrogen-bond donors (Lipinski definition) is 1. The highest BCUT2D eigenvalue weighted by atomic mass is 19.1. The Morgan fingerprint density at radius 1 is 1.45 bits per heavy atom. The fraction of sp³-hybridized carbons (Fsp3) is 0.500. The Morgan fingerprint density at radius 2 is 2.20 bits per heavy atom. The zero-order chi connectivity index (χ0) is 14.7. The van der Waals surface area contributed by atoms with Crippen LogP contribution < -0.4 is 10.6 Å². The van der Waals surface area contributed by atoms with Crippen LogP contribution in [-0.4, -0.2) is 26.8 Å². The predicted molar refractivity (Wildman–Crippen MR) is 80.5 cm³/mol. The third-order valence-electron chi connectivity index (χ3n) is 3.77. The fourth-order valence-corrected chi connectivity index (χ4v) is 2.57.